The molecule has 0 saturated carbocycles. The Morgan fingerprint density at radius 3 is 2.62 bits per heavy atom. The maximum absolute atomic E-state index is 12.3. The van der Waals surface area contributed by atoms with E-state index in [2.05, 4.69) is 5.32 Å². The number of carbonyl (C=O) groups excluding carboxylic acids is 1. The summed E-state index contributed by atoms with van der Waals surface area (Å²) in [6, 6.07) is 25.6. The van der Waals surface area contributed by atoms with Crippen LogP contribution < -0.4 is 10.1 Å². The van der Waals surface area contributed by atoms with Gasteiger partial charge in [0.15, 0.2) is 0 Å². The lowest BCUT2D eigenvalue weighted by Crippen LogP contribution is -2.17. The van der Waals surface area contributed by atoms with Crippen molar-refractivity contribution in [3.63, 3.8) is 0 Å². The summed E-state index contributed by atoms with van der Waals surface area (Å²) < 4.78 is 5.87. The fraction of sp³-hybridized carbons (Fsp3) is 0.0455. The van der Waals surface area contributed by atoms with Crippen LogP contribution in [0.3, 0.4) is 0 Å². The Bertz CT molecular complexity index is 967. The van der Waals surface area contributed by atoms with Gasteiger partial charge in [0.05, 0.1) is 10.6 Å². The smallest absolute Gasteiger partial charge is 0.262 e. The van der Waals surface area contributed by atoms with Crippen LogP contribution >= 0.6 is 11.8 Å². The highest BCUT2D eigenvalue weighted by molar-refractivity contribution is 8.04. The Kier molecular flexibility index (Phi) is 4.75. The largest absolute Gasteiger partial charge is 0.489 e. The van der Waals surface area contributed by atoms with Crippen LogP contribution in [-0.4, -0.2) is 5.91 Å². The van der Waals surface area contributed by atoms with E-state index < -0.39 is 0 Å². The summed E-state index contributed by atoms with van der Waals surface area (Å²) in [5.74, 6) is 0.703. The van der Waals surface area contributed by atoms with Crippen molar-refractivity contribution in [3.05, 3.63) is 94.9 Å². The quantitative estimate of drug-likeness (QED) is 0.638. The molecule has 0 bridgehead atoms. The molecule has 3 aromatic rings. The van der Waals surface area contributed by atoms with E-state index in [9.17, 15) is 4.79 Å². The molecule has 4 heteroatoms. The number of amides is 1. The van der Waals surface area contributed by atoms with E-state index in [-0.39, 0.29) is 5.91 Å². The molecule has 0 unspecified atom stereocenters. The first kappa shape index (κ1) is 16.5. The van der Waals surface area contributed by atoms with Crippen LogP contribution in [0.25, 0.3) is 6.08 Å². The Labute approximate surface area is 156 Å². The van der Waals surface area contributed by atoms with Gasteiger partial charge in [-0.2, -0.15) is 0 Å². The van der Waals surface area contributed by atoms with Gasteiger partial charge in [-0.15, -0.1) is 0 Å². The van der Waals surface area contributed by atoms with Gasteiger partial charge in [0, 0.05) is 4.90 Å². The molecule has 26 heavy (non-hydrogen) atoms. The molecule has 1 N–H and O–H groups in total. The lowest BCUT2D eigenvalue weighted by atomic mass is 10.2. The summed E-state index contributed by atoms with van der Waals surface area (Å²) in [5, 5.41) is 2.93. The van der Waals surface area contributed by atoms with Gasteiger partial charge in [0.2, 0.25) is 0 Å². The highest BCUT2D eigenvalue weighted by Gasteiger charge is 2.20. The molecular formula is C22H17NO2S. The van der Waals surface area contributed by atoms with Gasteiger partial charge in [0.1, 0.15) is 12.4 Å². The number of fused-ring (bicyclic) bond motifs is 1. The standard InChI is InChI=1S/C22H17NO2S/c24-22-21(26-20-12-5-4-11-19(20)23-22)14-17-9-6-10-18(13-17)25-15-16-7-2-1-3-8-16/h1-14H,15H2,(H,23,24)/b21-14-. The van der Waals surface area contributed by atoms with Crippen LogP contribution in [0, 0.1) is 0 Å². The van der Waals surface area contributed by atoms with E-state index in [1.807, 2.05) is 84.9 Å². The van der Waals surface area contributed by atoms with Gasteiger partial charge in [-0.3, -0.25) is 4.79 Å². The van der Waals surface area contributed by atoms with Gasteiger partial charge in [-0.25, -0.2) is 0 Å². The van der Waals surface area contributed by atoms with Gasteiger partial charge in [-0.1, -0.05) is 66.4 Å². The van der Waals surface area contributed by atoms with Crippen molar-refractivity contribution in [3.8, 4) is 5.75 Å². The number of rotatable bonds is 4. The number of hydrogen-bond acceptors (Lipinski definition) is 3. The Morgan fingerprint density at radius 2 is 1.73 bits per heavy atom. The highest BCUT2D eigenvalue weighted by atomic mass is 32.2. The van der Waals surface area contributed by atoms with E-state index in [0.29, 0.717) is 11.5 Å². The van der Waals surface area contributed by atoms with Crippen LogP contribution in [0.4, 0.5) is 5.69 Å². The average molecular weight is 359 g/mol. The molecule has 0 aliphatic carbocycles. The summed E-state index contributed by atoms with van der Waals surface area (Å²) in [6.07, 6.45) is 1.89. The molecule has 1 aliphatic rings. The zero-order valence-corrected chi connectivity index (χ0v) is 14.8. The Hall–Kier alpha value is -2.98. The number of hydrogen-bond donors (Lipinski definition) is 1. The number of thioether (sulfide) groups is 1. The number of para-hydroxylation sites is 1. The van der Waals surface area contributed by atoms with Crippen molar-refractivity contribution >= 4 is 29.4 Å². The summed E-state index contributed by atoms with van der Waals surface area (Å²) in [7, 11) is 0. The van der Waals surface area contributed by atoms with Gasteiger partial charge in [-0.05, 0) is 41.5 Å². The van der Waals surface area contributed by atoms with Crippen LogP contribution in [0.5, 0.6) is 5.75 Å². The molecule has 4 rings (SSSR count). The van der Waals surface area contributed by atoms with Crippen molar-refractivity contribution < 1.29 is 9.53 Å². The Balaban J connectivity index is 1.51. The molecular weight excluding hydrogens is 342 g/mol. The van der Waals surface area contributed by atoms with E-state index in [1.165, 1.54) is 11.8 Å². The first-order valence-electron chi connectivity index (χ1n) is 8.35. The van der Waals surface area contributed by atoms with Gasteiger partial charge < -0.3 is 10.1 Å². The molecule has 1 heterocycles. The summed E-state index contributed by atoms with van der Waals surface area (Å²) >= 11 is 1.48. The summed E-state index contributed by atoms with van der Waals surface area (Å²) in [4.78, 5) is 14.0. The zero-order chi connectivity index (χ0) is 17.8. The van der Waals surface area contributed by atoms with Crippen LogP contribution in [-0.2, 0) is 11.4 Å². The molecule has 0 saturated heterocycles. The SMILES string of the molecule is O=C1Nc2ccccc2S/C1=C\c1cccc(OCc2ccccc2)c1. The van der Waals surface area contributed by atoms with Crippen molar-refractivity contribution in [1.29, 1.82) is 0 Å². The van der Waals surface area contributed by atoms with E-state index >= 15 is 0 Å². The number of benzene rings is 3. The topological polar surface area (TPSA) is 38.3 Å². The minimum Gasteiger partial charge on any atom is -0.489 e. The van der Waals surface area contributed by atoms with Gasteiger partial charge >= 0.3 is 0 Å². The first-order valence-corrected chi connectivity index (χ1v) is 9.16. The minimum absolute atomic E-state index is 0.0793. The lowest BCUT2D eigenvalue weighted by Gasteiger charge is -2.18. The Morgan fingerprint density at radius 1 is 0.923 bits per heavy atom. The molecule has 0 fully saturated rings. The van der Waals surface area contributed by atoms with Crippen molar-refractivity contribution in [2.45, 2.75) is 11.5 Å². The zero-order valence-electron chi connectivity index (χ0n) is 14.0. The van der Waals surface area contributed by atoms with E-state index in [4.69, 9.17) is 4.74 Å². The second-order valence-corrected chi connectivity index (χ2v) is 6.99. The lowest BCUT2D eigenvalue weighted by molar-refractivity contribution is -0.112. The third kappa shape index (κ3) is 3.81. The predicted octanol–water partition coefficient (Wildman–Crippen LogP) is 5.35. The minimum atomic E-state index is -0.0793. The molecule has 0 spiro atoms. The fourth-order valence-electron chi connectivity index (χ4n) is 2.69. The van der Waals surface area contributed by atoms with E-state index in [1.54, 1.807) is 0 Å². The molecule has 0 atom stereocenters. The monoisotopic (exact) mass is 359 g/mol. The van der Waals surface area contributed by atoms with E-state index in [0.717, 1.165) is 27.5 Å². The number of anilines is 1. The maximum Gasteiger partial charge on any atom is 0.262 e. The molecule has 0 aromatic heterocycles. The number of carbonyl (C=O) groups is 1. The second-order valence-electron chi connectivity index (χ2n) is 5.91. The number of nitrogens with one attached hydrogen (secondary N) is 1. The van der Waals surface area contributed by atoms with Gasteiger partial charge in [0.25, 0.3) is 5.91 Å². The third-order valence-electron chi connectivity index (χ3n) is 3.98. The molecule has 3 aromatic carbocycles. The van der Waals surface area contributed by atoms with Crippen molar-refractivity contribution in [1.82, 2.24) is 0 Å². The second kappa shape index (κ2) is 7.50. The molecule has 3 nitrogen and oxygen atoms in total. The average Bonchev–Trinajstić information content (AvgIpc) is 2.68. The van der Waals surface area contributed by atoms with Crippen LogP contribution in [0.15, 0.2) is 88.7 Å². The highest BCUT2D eigenvalue weighted by Crippen LogP contribution is 2.38. The molecule has 1 amide bonds. The fourth-order valence-corrected chi connectivity index (χ4v) is 3.64. The normalized spacial score (nSPS) is 14.6. The first-order chi connectivity index (χ1) is 12.8. The molecule has 128 valence electrons. The van der Waals surface area contributed by atoms with Crippen LogP contribution in [0.2, 0.25) is 0 Å². The third-order valence-corrected chi connectivity index (χ3v) is 5.08. The summed E-state index contributed by atoms with van der Waals surface area (Å²) in [5.41, 5.74) is 2.92. The van der Waals surface area contributed by atoms with Crippen molar-refractivity contribution in [2.24, 2.45) is 0 Å². The molecule has 0 radical (unpaired) electrons. The predicted molar refractivity (Wildman–Crippen MR) is 106 cm³/mol. The van der Waals surface area contributed by atoms with Crippen molar-refractivity contribution in [2.75, 3.05) is 5.32 Å². The van der Waals surface area contributed by atoms with Crippen LogP contribution in [0.1, 0.15) is 11.1 Å². The maximum atomic E-state index is 12.3. The molecule has 1 aliphatic heterocycles. The summed E-state index contributed by atoms with van der Waals surface area (Å²) in [6.45, 7) is 0.517. The number of ether oxygens (including phenoxy) is 1.